The van der Waals surface area contributed by atoms with E-state index >= 15 is 0 Å². The number of aliphatic hydroxyl groups is 2. The van der Waals surface area contributed by atoms with Gasteiger partial charge in [-0.3, -0.25) is 9.59 Å². The molecule has 2 unspecified atom stereocenters. The lowest BCUT2D eigenvalue weighted by molar-refractivity contribution is -0.143. The minimum Gasteiger partial charge on any atom is -0.466 e. The highest BCUT2D eigenvalue weighted by atomic mass is 16.5. The zero-order valence-electron chi connectivity index (χ0n) is 53.6. The van der Waals surface area contributed by atoms with E-state index in [9.17, 15) is 19.8 Å². The fourth-order valence-electron chi connectivity index (χ4n) is 11.5. The molecule has 0 saturated carbocycles. The second-order valence-electron chi connectivity index (χ2n) is 24.9. The zero-order valence-corrected chi connectivity index (χ0v) is 53.6. The molecule has 0 fully saturated rings. The van der Waals surface area contributed by atoms with Crippen LogP contribution in [0.15, 0.2) is 24.3 Å². The number of nitrogens with one attached hydrogen (secondary N) is 1. The molecule has 0 spiro atoms. The third kappa shape index (κ3) is 65.4. The second-order valence-corrected chi connectivity index (χ2v) is 24.9. The maximum atomic E-state index is 12.5. The number of hydrogen-bond acceptors (Lipinski definition) is 5. The van der Waals surface area contributed by atoms with E-state index in [1.807, 2.05) is 0 Å². The van der Waals surface area contributed by atoms with Crippen molar-refractivity contribution in [2.45, 2.75) is 418 Å². The molecule has 0 aliphatic carbocycles. The first-order chi connectivity index (χ1) is 39.0. The van der Waals surface area contributed by atoms with Gasteiger partial charge in [0, 0.05) is 12.8 Å². The van der Waals surface area contributed by atoms with Crippen LogP contribution in [-0.4, -0.2) is 47.4 Å². The topological polar surface area (TPSA) is 95.9 Å². The number of carbonyl (C=O) groups is 2. The summed E-state index contributed by atoms with van der Waals surface area (Å²) in [5.74, 6) is -0.0197. The van der Waals surface area contributed by atoms with Crippen molar-refractivity contribution in [2.24, 2.45) is 0 Å². The van der Waals surface area contributed by atoms with E-state index in [1.54, 1.807) is 0 Å². The molecule has 0 saturated heterocycles. The van der Waals surface area contributed by atoms with Crippen LogP contribution in [0.3, 0.4) is 0 Å². The molecule has 0 bridgehead atoms. The Morgan fingerprint density at radius 3 is 0.899 bits per heavy atom. The summed E-state index contributed by atoms with van der Waals surface area (Å²) in [4.78, 5) is 24.6. The van der Waals surface area contributed by atoms with Crippen LogP contribution in [0.5, 0.6) is 0 Å². The molecule has 0 aliphatic rings. The molecule has 0 radical (unpaired) electrons. The van der Waals surface area contributed by atoms with Crippen LogP contribution in [0, 0.1) is 0 Å². The van der Waals surface area contributed by atoms with Crippen molar-refractivity contribution in [1.29, 1.82) is 0 Å². The minimum absolute atomic E-state index is 0.0105. The first-order valence-electron chi connectivity index (χ1n) is 36.1. The van der Waals surface area contributed by atoms with Crippen molar-refractivity contribution < 1.29 is 24.5 Å². The van der Waals surface area contributed by atoms with E-state index in [0.29, 0.717) is 25.9 Å². The summed E-state index contributed by atoms with van der Waals surface area (Å²) in [7, 11) is 0. The molecule has 0 aromatic rings. The van der Waals surface area contributed by atoms with E-state index in [-0.39, 0.29) is 18.5 Å². The highest BCUT2D eigenvalue weighted by Gasteiger charge is 2.20. The summed E-state index contributed by atoms with van der Waals surface area (Å²) in [6.45, 7) is 4.98. The van der Waals surface area contributed by atoms with Crippen LogP contribution < -0.4 is 5.32 Å². The van der Waals surface area contributed by atoms with Crippen LogP contribution >= 0.6 is 0 Å². The summed E-state index contributed by atoms with van der Waals surface area (Å²) >= 11 is 0. The second kappa shape index (κ2) is 68.8. The fraction of sp³-hybridized carbons (Fsp3) is 0.918. The average molecular weight is 1110 g/mol. The Kier molecular flexibility index (Phi) is 67.4. The first kappa shape index (κ1) is 77.3. The molecule has 1 amide bonds. The quantitative estimate of drug-likeness (QED) is 0.0320. The van der Waals surface area contributed by atoms with Gasteiger partial charge in [-0.2, -0.15) is 0 Å². The summed E-state index contributed by atoms with van der Waals surface area (Å²) < 4.78 is 5.50. The van der Waals surface area contributed by atoms with Gasteiger partial charge in [0.25, 0.3) is 0 Å². The Hall–Kier alpha value is -1.66. The number of hydrogen-bond donors (Lipinski definition) is 3. The number of amides is 1. The normalized spacial score (nSPS) is 12.6. The fourth-order valence-corrected chi connectivity index (χ4v) is 11.5. The molecule has 79 heavy (non-hydrogen) atoms. The van der Waals surface area contributed by atoms with Crippen LogP contribution in [0.1, 0.15) is 406 Å². The molecule has 6 nitrogen and oxygen atoms in total. The monoisotopic (exact) mass is 1110 g/mol. The van der Waals surface area contributed by atoms with Crippen LogP contribution in [-0.2, 0) is 14.3 Å². The number of allylic oxidation sites excluding steroid dienone is 4. The Morgan fingerprint density at radius 2 is 0.595 bits per heavy atom. The molecule has 2 atom stereocenters. The van der Waals surface area contributed by atoms with Crippen molar-refractivity contribution in [2.75, 3.05) is 13.2 Å². The van der Waals surface area contributed by atoms with Gasteiger partial charge in [-0.25, -0.2) is 0 Å². The zero-order chi connectivity index (χ0) is 57.1. The predicted octanol–water partition coefficient (Wildman–Crippen LogP) is 23.3. The number of carbonyl (C=O) groups excluding carboxylic acids is 2. The molecule has 0 rings (SSSR count). The van der Waals surface area contributed by atoms with Crippen LogP contribution in [0.25, 0.3) is 0 Å². The van der Waals surface area contributed by atoms with Gasteiger partial charge in [0.2, 0.25) is 5.91 Å². The Labute approximate surface area is 494 Å². The van der Waals surface area contributed by atoms with Gasteiger partial charge in [-0.1, -0.05) is 340 Å². The first-order valence-corrected chi connectivity index (χ1v) is 36.1. The molecule has 468 valence electrons. The Balaban J connectivity index is 3.36. The van der Waals surface area contributed by atoms with E-state index in [0.717, 1.165) is 44.9 Å². The molecule has 0 aliphatic heterocycles. The smallest absolute Gasteiger partial charge is 0.305 e. The van der Waals surface area contributed by atoms with Crippen molar-refractivity contribution in [3.8, 4) is 0 Å². The lowest BCUT2D eigenvalue weighted by Crippen LogP contribution is -2.45. The molecule has 0 aromatic carbocycles. The number of rotatable bonds is 68. The number of esters is 1. The van der Waals surface area contributed by atoms with Gasteiger partial charge in [0.1, 0.15) is 0 Å². The van der Waals surface area contributed by atoms with Gasteiger partial charge in [-0.15, -0.1) is 0 Å². The van der Waals surface area contributed by atoms with Gasteiger partial charge in [0.05, 0.1) is 25.4 Å². The molecular weight excluding hydrogens is 971 g/mol. The van der Waals surface area contributed by atoms with Crippen LogP contribution in [0.2, 0.25) is 0 Å². The summed E-state index contributed by atoms with van der Waals surface area (Å²) in [5, 5.41) is 23.4. The Morgan fingerprint density at radius 1 is 0.342 bits per heavy atom. The molecule has 6 heteroatoms. The van der Waals surface area contributed by atoms with Crippen molar-refractivity contribution in [3.63, 3.8) is 0 Å². The Bertz CT molecular complexity index is 1230. The largest absolute Gasteiger partial charge is 0.466 e. The summed E-state index contributed by atoms with van der Waals surface area (Å²) in [6.07, 6.45) is 86.6. The van der Waals surface area contributed by atoms with E-state index < -0.39 is 12.1 Å². The van der Waals surface area contributed by atoms with Gasteiger partial charge >= 0.3 is 5.97 Å². The molecular formula is C73H141NO5. The molecule has 3 N–H and O–H groups in total. The average Bonchev–Trinajstić information content (AvgIpc) is 3.45. The third-order valence-corrected chi connectivity index (χ3v) is 17.0. The number of ether oxygens (including phenoxy) is 1. The van der Waals surface area contributed by atoms with E-state index in [1.165, 1.54) is 327 Å². The molecule has 0 aromatic heterocycles. The maximum absolute atomic E-state index is 12.5. The standard InChI is InChI=1S/C73H141NO5/c1-3-5-7-9-11-13-15-17-19-37-41-45-49-53-57-61-65-71(76)70(69-75)74-72(77)66-62-58-54-50-46-42-38-35-33-31-29-27-25-23-21-22-24-26-28-30-32-34-36-40-44-48-52-56-60-64-68-79-73(78)67-63-59-55-51-47-43-39-20-18-16-14-12-10-8-6-4-2/h20,22,24,39,70-71,75-76H,3-19,21,23,25-38,40-69H2,1-2H3,(H,74,77)/b24-22-,39-20-. The summed E-state index contributed by atoms with van der Waals surface area (Å²) in [5.41, 5.74) is 0. The maximum Gasteiger partial charge on any atom is 0.305 e. The lowest BCUT2D eigenvalue weighted by Gasteiger charge is -2.22. The van der Waals surface area contributed by atoms with Crippen molar-refractivity contribution in [3.05, 3.63) is 24.3 Å². The van der Waals surface area contributed by atoms with Crippen LogP contribution in [0.4, 0.5) is 0 Å². The number of aliphatic hydroxyl groups excluding tert-OH is 2. The van der Waals surface area contributed by atoms with Crippen molar-refractivity contribution in [1.82, 2.24) is 5.32 Å². The molecule has 0 heterocycles. The van der Waals surface area contributed by atoms with Crippen molar-refractivity contribution >= 4 is 11.9 Å². The van der Waals surface area contributed by atoms with Gasteiger partial charge in [-0.05, 0) is 77.0 Å². The van der Waals surface area contributed by atoms with Gasteiger partial charge in [0.15, 0.2) is 0 Å². The van der Waals surface area contributed by atoms with E-state index in [2.05, 4.69) is 43.5 Å². The van der Waals surface area contributed by atoms with E-state index in [4.69, 9.17) is 4.74 Å². The highest BCUT2D eigenvalue weighted by molar-refractivity contribution is 5.76. The number of unbranched alkanes of at least 4 members (excludes halogenated alkanes) is 53. The SMILES string of the molecule is CCCCCCCCC/C=C\CCCCCCCC(=O)OCCCCCCCCCCCCCC/C=C\CCCCCCCCCCCCCCCCC(=O)NC(CO)C(O)CCCCCCCCCCCCCCCCCC. The van der Waals surface area contributed by atoms with Gasteiger partial charge < -0.3 is 20.3 Å². The minimum atomic E-state index is -0.663. The third-order valence-electron chi connectivity index (χ3n) is 17.0. The highest BCUT2D eigenvalue weighted by Crippen LogP contribution is 2.19. The summed E-state index contributed by atoms with van der Waals surface area (Å²) in [6, 6.07) is -0.540. The lowest BCUT2D eigenvalue weighted by atomic mass is 10.0. The predicted molar refractivity (Wildman–Crippen MR) is 347 cm³/mol.